The summed E-state index contributed by atoms with van der Waals surface area (Å²) in [7, 11) is 0. The molecular weight excluding hydrogens is 242 g/mol. The standard InChI is InChI=1S/C15H11NOS/c1-10-6-8-11(9-7-10)14(17)15-16-12-4-2-3-5-13(12)18-15/h2-9H,1H3. The summed E-state index contributed by atoms with van der Waals surface area (Å²) in [5.74, 6) is -0.00352. The first-order valence-corrected chi connectivity index (χ1v) is 6.52. The highest BCUT2D eigenvalue weighted by Gasteiger charge is 2.13. The summed E-state index contributed by atoms with van der Waals surface area (Å²) in [6, 6.07) is 15.4. The van der Waals surface area contributed by atoms with Gasteiger partial charge in [0.15, 0.2) is 5.01 Å². The Labute approximate surface area is 109 Å². The maximum atomic E-state index is 12.3. The highest BCUT2D eigenvalue weighted by Crippen LogP contribution is 2.23. The van der Waals surface area contributed by atoms with Gasteiger partial charge in [-0.25, -0.2) is 4.98 Å². The van der Waals surface area contributed by atoms with E-state index in [0.717, 1.165) is 15.8 Å². The lowest BCUT2D eigenvalue weighted by atomic mass is 10.1. The maximum absolute atomic E-state index is 12.3. The number of para-hydroxylation sites is 1. The summed E-state index contributed by atoms with van der Waals surface area (Å²) >= 11 is 1.44. The number of aromatic nitrogens is 1. The molecule has 0 amide bonds. The third-order valence-electron chi connectivity index (χ3n) is 2.80. The van der Waals surface area contributed by atoms with Gasteiger partial charge in [0.2, 0.25) is 5.78 Å². The zero-order valence-electron chi connectivity index (χ0n) is 9.88. The van der Waals surface area contributed by atoms with Crippen molar-refractivity contribution in [1.82, 2.24) is 4.98 Å². The predicted octanol–water partition coefficient (Wildman–Crippen LogP) is 3.84. The molecule has 0 saturated carbocycles. The minimum atomic E-state index is -0.00352. The lowest BCUT2D eigenvalue weighted by Gasteiger charge is -1.97. The molecule has 0 saturated heterocycles. The SMILES string of the molecule is Cc1ccc(C(=O)c2nc3ccccc3s2)cc1. The Bertz CT molecular complexity index is 680. The Balaban J connectivity index is 2.03. The van der Waals surface area contributed by atoms with Gasteiger partial charge in [0.25, 0.3) is 0 Å². The number of benzene rings is 2. The number of aryl methyl sites for hydroxylation is 1. The van der Waals surface area contributed by atoms with Crippen molar-refractivity contribution in [3.63, 3.8) is 0 Å². The molecule has 18 heavy (non-hydrogen) atoms. The Hall–Kier alpha value is -2.00. The van der Waals surface area contributed by atoms with E-state index in [4.69, 9.17) is 0 Å². The molecule has 0 aliphatic carbocycles. The summed E-state index contributed by atoms with van der Waals surface area (Å²) in [5.41, 5.74) is 2.73. The van der Waals surface area contributed by atoms with Crippen molar-refractivity contribution < 1.29 is 4.79 Å². The van der Waals surface area contributed by atoms with Crippen LogP contribution in [0.5, 0.6) is 0 Å². The number of ketones is 1. The number of fused-ring (bicyclic) bond motifs is 1. The molecule has 2 aromatic carbocycles. The van der Waals surface area contributed by atoms with Crippen molar-refractivity contribution in [3.05, 3.63) is 64.7 Å². The van der Waals surface area contributed by atoms with Crippen molar-refractivity contribution in [3.8, 4) is 0 Å². The molecule has 0 aliphatic rings. The van der Waals surface area contributed by atoms with Crippen molar-refractivity contribution in [2.24, 2.45) is 0 Å². The molecule has 0 unspecified atom stereocenters. The number of carbonyl (C=O) groups excluding carboxylic acids is 1. The summed E-state index contributed by atoms with van der Waals surface area (Å²) in [6.45, 7) is 2.01. The van der Waals surface area contributed by atoms with E-state index in [9.17, 15) is 4.79 Å². The summed E-state index contributed by atoms with van der Waals surface area (Å²) in [4.78, 5) is 16.7. The molecule has 0 spiro atoms. The first-order valence-electron chi connectivity index (χ1n) is 5.71. The van der Waals surface area contributed by atoms with Crippen LogP contribution in [0.2, 0.25) is 0 Å². The second-order valence-corrected chi connectivity index (χ2v) is 5.21. The number of thiazole rings is 1. The average Bonchev–Trinajstić information content (AvgIpc) is 2.82. The molecular formula is C15H11NOS. The van der Waals surface area contributed by atoms with E-state index in [1.807, 2.05) is 55.5 Å². The highest BCUT2D eigenvalue weighted by molar-refractivity contribution is 7.20. The van der Waals surface area contributed by atoms with Crippen molar-refractivity contribution in [2.45, 2.75) is 6.92 Å². The quantitative estimate of drug-likeness (QED) is 0.649. The van der Waals surface area contributed by atoms with E-state index in [0.29, 0.717) is 10.6 Å². The van der Waals surface area contributed by atoms with Crippen LogP contribution in [-0.4, -0.2) is 10.8 Å². The molecule has 0 N–H and O–H groups in total. The second kappa shape index (κ2) is 4.35. The number of nitrogens with zero attached hydrogens (tertiary/aromatic N) is 1. The van der Waals surface area contributed by atoms with E-state index < -0.39 is 0 Å². The van der Waals surface area contributed by atoms with Crippen LogP contribution in [0.25, 0.3) is 10.2 Å². The average molecular weight is 253 g/mol. The van der Waals surface area contributed by atoms with Gasteiger partial charge < -0.3 is 0 Å². The van der Waals surface area contributed by atoms with Gasteiger partial charge in [0.05, 0.1) is 10.2 Å². The zero-order valence-corrected chi connectivity index (χ0v) is 10.7. The van der Waals surface area contributed by atoms with Crippen LogP contribution in [-0.2, 0) is 0 Å². The molecule has 3 heteroatoms. The van der Waals surface area contributed by atoms with E-state index in [1.165, 1.54) is 11.3 Å². The van der Waals surface area contributed by atoms with E-state index in [-0.39, 0.29) is 5.78 Å². The largest absolute Gasteiger partial charge is 0.286 e. The molecule has 0 radical (unpaired) electrons. The molecule has 1 aromatic heterocycles. The molecule has 0 aliphatic heterocycles. The van der Waals surface area contributed by atoms with Gasteiger partial charge in [-0.1, -0.05) is 42.0 Å². The molecule has 3 rings (SSSR count). The normalized spacial score (nSPS) is 10.7. The molecule has 1 heterocycles. The van der Waals surface area contributed by atoms with Gasteiger partial charge in [-0.05, 0) is 19.1 Å². The fourth-order valence-corrected chi connectivity index (χ4v) is 2.73. The highest BCUT2D eigenvalue weighted by atomic mass is 32.1. The van der Waals surface area contributed by atoms with Gasteiger partial charge >= 0.3 is 0 Å². The molecule has 3 aromatic rings. The third kappa shape index (κ3) is 1.93. The Morgan fingerprint density at radius 2 is 1.78 bits per heavy atom. The van der Waals surface area contributed by atoms with Crippen LogP contribution in [0.3, 0.4) is 0 Å². The third-order valence-corrected chi connectivity index (χ3v) is 3.84. The number of hydrogen-bond acceptors (Lipinski definition) is 3. The van der Waals surface area contributed by atoms with E-state index in [1.54, 1.807) is 0 Å². The van der Waals surface area contributed by atoms with Gasteiger partial charge in [-0.2, -0.15) is 0 Å². The maximum Gasteiger partial charge on any atom is 0.221 e. The van der Waals surface area contributed by atoms with Crippen molar-refractivity contribution in [1.29, 1.82) is 0 Å². The molecule has 2 nitrogen and oxygen atoms in total. The van der Waals surface area contributed by atoms with Gasteiger partial charge in [-0.3, -0.25) is 4.79 Å². The monoisotopic (exact) mass is 253 g/mol. The summed E-state index contributed by atoms with van der Waals surface area (Å²) in [5, 5.41) is 0.556. The first kappa shape index (κ1) is 11.1. The van der Waals surface area contributed by atoms with E-state index >= 15 is 0 Å². The number of carbonyl (C=O) groups is 1. The van der Waals surface area contributed by atoms with Gasteiger partial charge in [0.1, 0.15) is 0 Å². The van der Waals surface area contributed by atoms with Crippen molar-refractivity contribution in [2.75, 3.05) is 0 Å². The molecule has 0 atom stereocenters. The van der Waals surface area contributed by atoms with Crippen LogP contribution >= 0.6 is 11.3 Å². The van der Waals surface area contributed by atoms with Crippen LogP contribution in [0.1, 0.15) is 20.9 Å². The topological polar surface area (TPSA) is 30.0 Å². The lowest BCUT2D eigenvalue weighted by Crippen LogP contribution is -1.99. The van der Waals surface area contributed by atoms with Crippen LogP contribution < -0.4 is 0 Å². The summed E-state index contributed by atoms with van der Waals surface area (Å²) in [6.07, 6.45) is 0. The first-order chi connectivity index (χ1) is 8.74. The molecule has 88 valence electrons. The van der Waals surface area contributed by atoms with Crippen LogP contribution in [0.15, 0.2) is 48.5 Å². The predicted molar refractivity (Wildman–Crippen MR) is 74.2 cm³/mol. The molecule has 0 fully saturated rings. The zero-order chi connectivity index (χ0) is 12.5. The van der Waals surface area contributed by atoms with Crippen molar-refractivity contribution >= 4 is 27.3 Å². The van der Waals surface area contributed by atoms with Gasteiger partial charge in [0, 0.05) is 5.56 Å². The molecule has 0 bridgehead atoms. The Kier molecular flexibility index (Phi) is 2.68. The smallest absolute Gasteiger partial charge is 0.221 e. The Morgan fingerprint density at radius 1 is 1.06 bits per heavy atom. The fourth-order valence-electron chi connectivity index (χ4n) is 1.80. The fraction of sp³-hybridized carbons (Fsp3) is 0.0667. The number of hydrogen-bond donors (Lipinski definition) is 0. The van der Waals surface area contributed by atoms with Crippen LogP contribution in [0, 0.1) is 6.92 Å². The van der Waals surface area contributed by atoms with Gasteiger partial charge in [-0.15, -0.1) is 11.3 Å². The summed E-state index contributed by atoms with van der Waals surface area (Å²) < 4.78 is 1.05. The minimum absolute atomic E-state index is 0.00352. The van der Waals surface area contributed by atoms with Crippen LogP contribution in [0.4, 0.5) is 0 Å². The minimum Gasteiger partial charge on any atom is -0.286 e. The Morgan fingerprint density at radius 3 is 2.50 bits per heavy atom. The lowest BCUT2D eigenvalue weighted by molar-refractivity contribution is 0.103. The number of rotatable bonds is 2. The second-order valence-electron chi connectivity index (χ2n) is 4.18. The van der Waals surface area contributed by atoms with E-state index in [2.05, 4.69) is 4.98 Å².